The van der Waals surface area contributed by atoms with Crippen LogP contribution in [-0.4, -0.2) is 26.5 Å². The van der Waals surface area contributed by atoms with Gasteiger partial charge in [-0.05, 0) is 26.2 Å². The zero-order valence-electron chi connectivity index (χ0n) is 11.2. The van der Waals surface area contributed by atoms with E-state index < -0.39 is 11.7 Å². The molecule has 0 bridgehead atoms. The first-order chi connectivity index (χ1) is 7.78. The van der Waals surface area contributed by atoms with Crippen LogP contribution in [0.3, 0.4) is 0 Å². The van der Waals surface area contributed by atoms with Crippen LogP contribution >= 0.6 is 0 Å². The van der Waals surface area contributed by atoms with E-state index in [1.165, 1.54) is 6.33 Å². The molecule has 1 unspecified atom stereocenters. The van der Waals surface area contributed by atoms with Gasteiger partial charge in [0.1, 0.15) is 18.3 Å². The average molecular weight is 242 g/mol. The van der Waals surface area contributed by atoms with Gasteiger partial charge in [0.15, 0.2) is 0 Å². The van der Waals surface area contributed by atoms with E-state index in [4.69, 9.17) is 5.73 Å². The fourth-order valence-electron chi connectivity index (χ4n) is 1.79. The number of hydrogen-bond donors (Lipinski definition) is 1. The summed E-state index contributed by atoms with van der Waals surface area (Å²) in [6.07, 6.45) is 1.14. The Morgan fingerprint density at radius 2 is 2.12 bits per heavy atom. The van der Waals surface area contributed by atoms with Crippen molar-refractivity contribution in [3.8, 4) is 0 Å². The molecule has 0 saturated carbocycles. The molecule has 0 fully saturated rings. The van der Waals surface area contributed by atoms with Gasteiger partial charge in [-0.2, -0.15) is 5.10 Å². The molecule has 17 heavy (non-hydrogen) atoms. The summed E-state index contributed by atoms with van der Waals surface area (Å²) < 4.78 is 15.6. The maximum Gasteiger partial charge on any atom is 0.138 e. The van der Waals surface area contributed by atoms with Crippen molar-refractivity contribution in [1.29, 1.82) is 0 Å². The van der Waals surface area contributed by atoms with Crippen molar-refractivity contribution in [3.63, 3.8) is 0 Å². The van der Waals surface area contributed by atoms with E-state index in [1.54, 1.807) is 4.68 Å². The lowest BCUT2D eigenvalue weighted by atomic mass is 9.97. The molecule has 1 rings (SSSR count). The van der Waals surface area contributed by atoms with Crippen molar-refractivity contribution in [2.24, 2.45) is 11.7 Å². The van der Waals surface area contributed by atoms with Gasteiger partial charge < -0.3 is 5.73 Å². The minimum absolute atomic E-state index is 0.285. The topological polar surface area (TPSA) is 56.7 Å². The summed E-state index contributed by atoms with van der Waals surface area (Å²) in [5.74, 6) is 1.18. The number of nitrogens with two attached hydrogens (primary N) is 1. The smallest absolute Gasteiger partial charge is 0.138 e. The lowest BCUT2D eigenvalue weighted by Gasteiger charge is -2.20. The number of rotatable bonds is 6. The monoisotopic (exact) mass is 242 g/mol. The number of halogens is 1. The van der Waals surface area contributed by atoms with Gasteiger partial charge in [-0.1, -0.05) is 13.8 Å². The van der Waals surface area contributed by atoms with Gasteiger partial charge >= 0.3 is 0 Å². The highest BCUT2D eigenvalue weighted by atomic mass is 19.1. The van der Waals surface area contributed by atoms with Gasteiger partial charge in [0.2, 0.25) is 0 Å². The number of hydrogen-bond acceptors (Lipinski definition) is 3. The molecule has 0 amide bonds. The van der Waals surface area contributed by atoms with Gasteiger partial charge in [0.05, 0.1) is 0 Å². The Kier molecular flexibility index (Phi) is 4.62. The Morgan fingerprint density at radius 1 is 1.47 bits per heavy atom. The molecule has 4 nitrogen and oxygen atoms in total. The van der Waals surface area contributed by atoms with Crippen LogP contribution < -0.4 is 5.73 Å². The number of aromatic nitrogens is 3. The van der Waals surface area contributed by atoms with E-state index in [-0.39, 0.29) is 6.42 Å². The van der Waals surface area contributed by atoms with Gasteiger partial charge in [-0.3, -0.25) is 0 Å². The van der Waals surface area contributed by atoms with E-state index in [2.05, 4.69) is 23.9 Å². The average Bonchev–Trinajstić information content (AvgIpc) is 2.47. The van der Waals surface area contributed by atoms with Crippen molar-refractivity contribution in [1.82, 2.24) is 14.8 Å². The van der Waals surface area contributed by atoms with Crippen molar-refractivity contribution in [3.05, 3.63) is 12.2 Å². The van der Waals surface area contributed by atoms with Gasteiger partial charge in [-0.15, -0.1) is 0 Å². The predicted octanol–water partition coefficient (Wildman–Crippen LogP) is 1.94. The minimum Gasteiger partial charge on any atom is -0.325 e. The third-order valence-corrected chi connectivity index (χ3v) is 2.39. The lowest BCUT2D eigenvalue weighted by molar-refractivity contribution is 0.254. The quantitative estimate of drug-likeness (QED) is 0.829. The molecule has 0 aliphatic carbocycles. The highest BCUT2D eigenvalue weighted by Crippen LogP contribution is 2.15. The fraction of sp³-hybridized carbons (Fsp3) is 0.833. The van der Waals surface area contributed by atoms with Gasteiger partial charge in [0.25, 0.3) is 0 Å². The molecule has 98 valence electrons. The zero-order chi connectivity index (χ0) is 13.1. The number of alkyl halides is 1. The van der Waals surface area contributed by atoms with Gasteiger partial charge in [0, 0.05) is 18.5 Å². The molecular formula is C12H23FN4. The van der Waals surface area contributed by atoms with Gasteiger partial charge in [-0.25, -0.2) is 14.1 Å². The molecule has 0 spiro atoms. The maximum absolute atomic E-state index is 13.8. The molecule has 1 aromatic rings. The molecule has 5 heteroatoms. The predicted molar refractivity (Wildman–Crippen MR) is 66.3 cm³/mol. The molecule has 1 aromatic heterocycles. The fourth-order valence-corrected chi connectivity index (χ4v) is 1.79. The first-order valence-corrected chi connectivity index (χ1v) is 6.07. The summed E-state index contributed by atoms with van der Waals surface area (Å²) in [7, 11) is 0. The molecule has 0 aromatic carbocycles. The normalized spacial score (nSPS) is 14.3. The molecule has 1 atom stereocenters. The second-order valence-corrected chi connectivity index (χ2v) is 5.75. The van der Waals surface area contributed by atoms with Crippen LogP contribution in [0.25, 0.3) is 0 Å². The van der Waals surface area contributed by atoms with E-state index in [0.29, 0.717) is 18.2 Å². The Hall–Kier alpha value is -0.970. The summed E-state index contributed by atoms with van der Waals surface area (Å²) in [5, 5.41) is 4.11. The van der Waals surface area contributed by atoms with E-state index in [1.807, 2.05) is 13.8 Å². The lowest BCUT2D eigenvalue weighted by Crippen LogP contribution is -2.35. The zero-order valence-corrected chi connectivity index (χ0v) is 11.2. The third-order valence-electron chi connectivity index (χ3n) is 2.39. The third kappa shape index (κ3) is 5.26. The van der Waals surface area contributed by atoms with Crippen molar-refractivity contribution < 1.29 is 4.39 Å². The van der Waals surface area contributed by atoms with Crippen LogP contribution in [0.4, 0.5) is 4.39 Å². The number of nitrogens with zero attached hydrogens (tertiary/aromatic N) is 3. The Labute approximate surface area is 102 Å². The summed E-state index contributed by atoms with van der Waals surface area (Å²) in [6, 6.07) is 0. The molecular weight excluding hydrogens is 219 g/mol. The molecule has 1 heterocycles. The van der Waals surface area contributed by atoms with E-state index in [9.17, 15) is 4.39 Å². The van der Waals surface area contributed by atoms with Crippen LogP contribution in [0, 0.1) is 5.92 Å². The standard InChI is InChI=1S/C12H23FN4/c1-9(2)7-17-11(15-8-16-17)5-10(13)6-12(3,4)14/h8-10H,5-7,14H2,1-4H3. The van der Waals surface area contributed by atoms with E-state index >= 15 is 0 Å². The van der Waals surface area contributed by atoms with Crippen LogP contribution in [0.2, 0.25) is 0 Å². The first-order valence-electron chi connectivity index (χ1n) is 6.07. The highest BCUT2D eigenvalue weighted by Gasteiger charge is 2.21. The summed E-state index contributed by atoms with van der Waals surface area (Å²) >= 11 is 0. The highest BCUT2D eigenvalue weighted by molar-refractivity contribution is 4.90. The molecule has 0 aliphatic heterocycles. The van der Waals surface area contributed by atoms with E-state index in [0.717, 1.165) is 6.54 Å². The first kappa shape index (κ1) is 14.1. The maximum atomic E-state index is 13.8. The van der Waals surface area contributed by atoms with Crippen molar-refractivity contribution >= 4 is 0 Å². The van der Waals surface area contributed by atoms with Crippen LogP contribution in [0.1, 0.15) is 39.9 Å². The van der Waals surface area contributed by atoms with Crippen LogP contribution in [0.5, 0.6) is 0 Å². The SMILES string of the molecule is CC(C)Cn1ncnc1CC(F)CC(C)(C)N. The molecule has 2 N–H and O–H groups in total. The Balaban J connectivity index is 2.59. The van der Waals surface area contributed by atoms with Crippen molar-refractivity contribution in [2.75, 3.05) is 0 Å². The Morgan fingerprint density at radius 3 is 2.65 bits per heavy atom. The summed E-state index contributed by atoms with van der Waals surface area (Å²) in [5.41, 5.74) is 5.32. The summed E-state index contributed by atoms with van der Waals surface area (Å²) in [6.45, 7) is 8.63. The summed E-state index contributed by atoms with van der Waals surface area (Å²) in [4.78, 5) is 4.11. The van der Waals surface area contributed by atoms with Crippen molar-refractivity contribution in [2.45, 2.75) is 58.8 Å². The minimum atomic E-state index is -0.967. The second-order valence-electron chi connectivity index (χ2n) is 5.75. The molecule has 0 aliphatic rings. The molecule has 0 saturated heterocycles. The Bertz CT molecular complexity index is 341. The van der Waals surface area contributed by atoms with Crippen LogP contribution in [0.15, 0.2) is 6.33 Å². The largest absolute Gasteiger partial charge is 0.325 e. The second kappa shape index (κ2) is 5.58. The van der Waals surface area contributed by atoms with Crippen LogP contribution in [-0.2, 0) is 13.0 Å². The molecule has 0 radical (unpaired) electrons.